The lowest BCUT2D eigenvalue weighted by molar-refractivity contribution is 0.0976. The number of hydrogen-bond acceptors (Lipinski definition) is 2. The minimum Gasteiger partial charge on any atom is -0.378 e. The van der Waals surface area contributed by atoms with Crippen molar-refractivity contribution in [1.29, 1.82) is 0 Å². The molecule has 0 saturated carbocycles. The predicted octanol–water partition coefficient (Wildman–Crippen LogP) is 6.48. The zero-order valence-corrected chi connectivity index (χ0v) is 17.2. The molecule has 1 unspecified atom stereocenters. The highest BCUT2D eigenvalue weighted by molar-refractivity contribution is 14.1. The van der Waals surface area contributed by atoms with E-state index < -0.39 is 0 Å². The van der Waals surface area contributed by atoms with Crippen LogP contribution in [0, 0.1) is 3.57 Å². The third-order valence-corrected chi connectivity index (χ3v) is 5.19. The average molecular weight is 506 g/mol. The maximum Gasteiger partial charge on any atom is 0.165 e. The van der Waals surface area contributed by atoms with Crippen LogP contribution >= 0.6 is 38.5 Å². The summed E-state index contributed by atoms with van der Waals surface area (Å²) in [6.07, 6.45) is 0.400. The maximum atomic E-state index is 12.7. The fraction of sp³-hybridized carbons (Fsp3) is 0.0952. The van der Waals surface area contributed by atoms with Crippen molar-refractivity contribution in [2.45, 2.75) is 12.5 Å². The Morgan fingerprint density at radius 3 is 2.20 bits per heavy atom. The van der Waals surface area contributed by atoms with E-state index in [2.05, 4.69) is 56.0 Å². The number of carbonyl (C=O) groups is 1. The van der Waals surface area contributed by atoms with Crippen LogP contribution in [-0.4, -0.2) is 5.78 Å². The van der Waals surface area contributed by atoms with E-state index in [4.69, 9.17) is 0 Å². The molecule has 4 heteroatoms. The Morgan fingerprint density at radius 1 is 0.920 bits per heavy atom. The van der Waals surface area contributed by atoms with Crippen molar-refractivity contribution >= 4 is 50.0 Å². The van der Waals surface area contributed by atoms with Gasteiger partial charge in [0.05, 0.1) is 6.04 Å². The van der Waals surface area contributed by atoms with Crippen molar-refractivity contribution in [2.24, 2.45) is 0 Å². The summed E-state index contributed by atoms with van der Waals surface area (Å²) in [5.41, 5.74) is 2.84. The number of benzene rings is 3. The van der Waals surface area contributed by atoms with Gasteiger partial charge in [-0.1, -0.05) is 58.4 Å². The minimum atomic E-state index is -0.0825. The van der Waals surface area contributed by atoms with Gasteiger partial charge in [0.15, 0.2) is 5.78 Å². The van der Waals surface area contributed by atoms with Crippen LogP contribution in [0.3, 0.4) is 0 Å². The monoisotopic (exact) mass is 505 g/mol. The number of ketones is 1. The molecule has 3 aromatic rings. The number of hydrogen-bond donors (Lipinski definition) is 1. The lowest BCUT2D eigenvalue weighted by Crippen LogP contribution is -2.15. The van der Waals surface area contributed by atoms with Gasteiger partial charge >= 0.3 is 0 Å². The molecule has 0 radical (unpaired) electrons. The first kappa shape index (κ1) is 18.1. The van der Waals surface area contributed by atoms with Crippen LogP contribution in [0.4, 0.5) is 5.69 Å². The average Bonchev–Trinajstić information content (AvgIpc) is 2.64. The van der Waals surface area contributed by atoms with Gasteiger partial charge in [-0.2, -0.15) is 0 Å². The summed E-state index contributed by atoms with van der Waals surface area (Å²) < 4.78 is 2.21. The smallest absolute Gasteiger partial charge is 0.165 e. The molecule has 1 atom stereocenters. The molecule has 0 aliphatic carbocycles. The Morgan fingerprint density at radius 2 is 1.56 bits per heavy atom. The first-order valence-corrected chi connectivity index (χ1v) is 9.85. The first-order chi connectivity index (χ1) is 12.1. The number of halogens is 2. The second-order valence-electron chi connectivity index (χ2n) is 5.75. The van der Waals surface area contributed by atoms with Gasteiger partial charge in [-0.3, -0.25) is 4.79 Å². The summed E-state index contributed by atoms with van der Waals surface area (Å²) in [5.74, 6) is 0.131. The van der Waals surface area contributed by atoms with E-state index in [0.29, 0.717) is 6.42 Å². The Bertz CT molecular complexity index is 832. The predicted molar refractivity (Wildman–Crippen MR) is 115 cm³/mol. The second-order valence-corrected chi connectivity index (χ2v) is 7.91. The largest absolute Gasteiger partial charge is 0.378 e. The molecule has 0 saturated heterocycles. The molecule has 0 heterocycles. The lowest BCUT2D eigenvalue weighted by atomic mass is 9.97. The number of carbonyl (C=O) groups excluding carboxylic acids is 1. The van der Waals surface area contributed by atoms with Crippen LogP contribution in [0.1, 0.15) is 28.4 Å². The Hall–Kier alpha value is -1.66. The van der Waals surface area contributed by atoms with Gasteiger partial charge in [0, 0.05) is 25.7 Å². The number of Topliss-reactive ketones (excluding diaryl/α,β-unsaturated/α-hetero) is 1. The van der Waals surface area contributed by atoms with E-state index in [1.807, 2.05) is 66.7 Å². The van der Waals surface area contributed by atoms with E-state index in [1.54, 1.807) is 0 Å². The third kappa shape index (κ3) is 5.16. The van der Waals surface area contributed by atoms with E-state index in [-0.39, 0.29) is 11.8 Å². The summed E-state index contributed by atoms with van der Waals surface area (Å²) >= 11 is 5.75. The zero-order chi connectivity index (χ0) is 17.6. The molecular weight excluding hydrogens is 489 g/mol. The van der Waals surface area contributed by atoms with Gasteiger partial charge in [-0.25, -0.2) is 0 Å². The molecule has 0 amide bonds. The molecule has 25 heavy (non-hydrogen) atoms. The SMILES string of the molecule is O=C(CC(Nc1ccc(I)cc1)c1ccc(Br)cc1)c1ccccc1. The van der Waals surface area contributed by atoms with Crippen molar-refractivity contribution in [1.82, 2.24) is 0 Å². The molecule has 2 nitrogen and oxygen atoms in total. The second kappa shape index (κ2) is 8.63. The number of anilines is 1. The Labute approximate surface area is 169 Å². The van der Waals surface area contributed by atoms with Gasteiger partial charge in [0.2, 0.25) is 0 Å². The topological polar surface area (TPSA) is 29.1 Å². The van der Waals surface area contributed by atoms with E-state index in [9.17, 15) is 4.79 Å². The van der Waals surface area contributed by atoms with Gasteiger partial charge in [-0.15, -0.1) is 0 Å². The molecule has 3 aromatic carbocycles. The van der Waals surface area contributed by atoms with Gasteiger partial charge in [-0.05, 0) is 64.6 Å². The lowest BCUT2D eigenvalue weighted by Gasteiger charge is -2.20. The zero-order valence-electron chi connectivity index (χ0n) is 13.5. The van der Waals surface area contributed by atoms with Gasteiger partial charge in [0.1, 0.15) is 0 Å². The highest BCUT2D eigenvalue weighted by Crippen LogP contribution is 2.26. The van der Waals surface area contributed by atoms with Crippen molar-refractivity contribution in [3.63, 3.8) is 0 Å². The molecule has 126 valence electrons. The quantitative estimate of drug-likeness (QED) is 0.307. The van der Waals surface area contributed by atoms with Crippen molar-refractivity contribution in [3.05, 3.63) is 98.0 Å². The van der Waals surface area contributed by atoms with E-state index >= 15 is 0 Å². The highest BCUT2D eigenvalue weighted by Gasteiger charge is 2.17. The summed E-state index contributed by atoms with van der Waals surface area (Å²) in [7, 11) is 0. The Kier molecular flexibility index (Phi) is 6.26. The fourth-order valence-electron chi connectivity index (χ4n) is 2.62. The van der Waals surface area contributed by atoms with E-state index in [0.717, 1.165) is 21.3 Å². The summed E-state index contributed by atoms with van der Waals surface area (Å²) in [6.45, 7) is 0. The summed E-state index contributed by atoms with van der Waals surface area (Å²) in [5, 5.41) is 3.50. The summed E-state index contributed by atoms with van der Waals surface area (Å²) in [4.78, 5) is 12.7. The molecule has 0 aliphatic heterocycles. The van der Waals surface area contributed by atoms with Crippen LogP contribution in [0.15, 0.2) is 83.3 Å². The highest BCUT2D eigenvalue weighted by atomic mass is 127. The molecule has 3 rings (SSSR count). The molecule has 0 bridgehead atoms. The number of rotatable bonds is 6. The van der Waals surface area contributed by atoms with Crippen molar-refractivity contribution in [2.75, 3.05) is 5.32 Å². The minimum absolute atomic E-state index is 0.0825. The van der Waals surface area contributed by atoms with Crippen LogP contribution in [0.5, 0.6) is 0 Å². The van der Waals surface area contributed by atoms with Gasteiger partial charge in [0.25, 0.3) is 0 Å². The van der Waals surface area contributed by atoms with Crippen LogP contribution in [-0.2, 0) is 0 Å². The molecule has 0 aromatic heterocycles. The molecule has 0 fully saturated rings. The van der Waals surface area contributed by atoms with Crippen LogP contribution in [0.25, 0.3) is 0 Å². The van der Waals surface area contributed by atoms with Crippen LogP contribution < -0.4 is 5.32 Å². The third-order valence-electron chi connectivity index (χ3n) is 3.94. The standard InChI is InChI=1S/C21H17BrINO/c22-17-8-6-15(7-9-17)20(24-19-12-10-18(23)11-13-19)14-21(25)16-4-2-1-3-5-16/h1-13,20,24H,14H2. The normalized spacial score (nSPS) is 11.8. The van der Waals surface area contributed by atoms with Crippen LogP contribution in [0.2, 0.25) is 0 Å². The number of nitrogens with one attached hydrogen (secondary N) is 1. The maximum absolute atomic E-state index is 12.7. The Balaban J connectivity index is 1.84. The molecule has 0 spiro atoms. The van der Waals surface area contributed by atoms with Crippen molar-refractivity contribution in [3.8, 4) is 0 Å². The molecule has 1 N–H and O–H groups in total. The first-order valence-electron chi connectivity index (χ1n) is 7.97. The summed E-state index contributed by atoms with van der Waals surface area (Å²) in [6, 6.07) is 25.7. The fourth-order valence-corrected chi connectivity index (χ4v) is 3.25. The molecule has 0 aliphatic rings. The van der Waals surface area contributed by atoms with E-state index in [1.165, 1.54) is 3.57 Å². The van der Waals surface area contributed by atoms with Gasteiger partial charge < -0.3 is 5.32 Å². The molecular formula is C21H17BrINO. The van der Waals surface area contributed by atoms with Crippen molar-refractivity contribution < 1.29 is 4.79 Å².